The SMILES string of the molecule is CCNC(C)(C)C1=CCCC(OC)=C1. The predicted molar refractivity (Wildman–Crippen MR) is 60.2 cm³/mol. The first-order chi connectivity index (χ1) is 6.60. The Morgan fingerprint density at radius 1 is 1.50 bits per heavy atom. The summed E-state index contributed by atoms with van der Waals surface area (Å²) in [5.74, 6) is 1.09. The van der Waals surface area contributed by atoms with E-state index < -0.39 is 0 Å². The van der Waals surface area contributed by atoms with Crippen LogP contribution in [0.25, 0.3) is 0 Å². The highest BCUT2D eigenvalue weighted by Gasteiger charge is 2.22. The van der Waals surface area contributed by atoms with Crippen molar-refractivity contribution in [2.24, 2.45) is 0 Å². The molecule has 2 nitrogen and oxygen atoms in total. The lowest BCUT2D eigenvalue weighted by Crippen LogP contribution is -2.40. The van der Waals surface area contributed by atoms with Gasteiger partial charge in [0.15, 0.2) is 0 Å². The van der Waals surface area contributed by atoms with E-state index in [1.165, 1.54) is 5.57 Å². The van der Waals surface area contributed by atoms with Gasteiger partial charge in [0.2, 0.25) is 0 Å². The normalized spacial score (nSPS) is 17.4. The van der Waals surface area contributed by atoms with Gasteiger partial charge in [-0.05, 0) is 38.5 Å². The first-order valence-electron chi connectivity index (χ1n) is 5.30. The van der Waals surface area contributed by atoms with E-state index >= 15 is 0 Å². The fraction of sp³-hybridized carbons (Fsp3) is 0.667. The van der Waals surface area contributed by atoms with Crippen LogP contribution in [-0.2, 0) is 4.74 Å². The molecule has 0 saturated heterocycles. The number of hydrogen-bond acceptors (Lipinski definition) is 2. The van der Waals surface area contributed by atoms with Gasteiger partial charge in [-0.2, -0.15) is 0 Å². The molecule has 14 heavy (non-hydrogen) atoms. The lowest BCUT2D eigenvalue weighted by Gasteiger charge is -2.29. The van der Waals surface area contributed by atoms with Gasteiger partial charge >= 0.3 is 0 Å². The van der Waals surface area contributed by atoms with Crippen LogP contribution in [0.15, 0.2) is 23.5 Å². The number of methoxy groups -OCH3 is 1. The van der Waals surface area contributed by atoms with Gasteiger partial charge in [0.1, 0.15) is 0 Å². The molecule has 1 rings (SSSR count). The molecule has 0 heterocycles. The van der Waals surface area contributed by atoms with Crippen molar-refractivity contribution in [3.05, 3.63) is 23.5 Å². The maximum absolute atomic E-state index is 5.29. The quantitative estimate of drug-likeness (QED) is 0.744. The molecule has 0 atom stereocenters. The van der Waals surface area contributed by atoms with E-state index in [4.69, 9.17) is 4.74 Å². The summed E-state index contributed by atoms with van der Waals surface area (Å²) in [5, 5.41) is 3.47. The van der Waals surface area contributed by atoms with Gasteiger partial charge in [0.05, 0.1) is 12.9 Å². The van der Waals surface area contributed by atoms with Crippen molar-refractivity contribution in [1.29, 1.82) is 0 Å². The number of ether oxygens (including phenoxy) is 1. The van der Waals surface area contributed by atoms with Gasteiger partial charge in [-0.15, -0.1) is 0 Å². The minimum atomic E-state index is 0.0545. The molecule has 80 valence electrons. The van der Waals surface area contributed by atoms with Crippen molar-refractivity contribution < 1.29 is 4.74 Å². The molecule has 2 heteroatoms. The Labute approximate surface area is 87.0 Å². The Kier molecular flexibility index (Phi) is 3.76. The molecular weight excluding hydrogens is 174 g/mol. The maximum Gasteiger partial charge on any atom is 0.0961 e. The summed E-state index contributed by atoms with van der Waals surface area (Å²) in [7, 11) is 1.75. The molecule has 0 spiro atoms. The van der Waals surface area contributed by atoms with Crippen LogP contribution < -0.4 is 5.32 Å². The van der Waals surface area contributed by atoms with Crippen LogP contribution in [0.5, 0.6) is 0 Å². The summed E-state index contributed by atoms with van der Waals surface area (Å²) < 4.78 is 5.29. The molecule has 0 aromatic heterocycles. The van der Waals surface area contributed by atoms with Gasteiger partial charge in [0.25, 0.3) is 0 Å². The van der Waals surface area contributed by atoms with Crippen LogP contribution in [0.1, 0.15) is 33.6 Å². The summed E-state index contributed by atoms with van der Waals surface area (Å²) in [4.78, 5) is 0. The van der Waals surface area contributed by atoms with Crippen LogP contribution in [0.4, 0.5) is 0 Å². The highest BCUT2D eigenvalue weighted by atomic mass is 16.5. The van der Waals surface area contributed by atoms with Gasteiger partial charge < -0.3 is 10.1 Å². The van der Waals surface area contributed by atoms with E-state index in [9.17, 15) is 0 Å². The van der Waals surface area contributed by atoms with Gasteiger partial charge in [0, 0.05) is 12.0 Å². The smallest absolute Gasteiger partial charge is 0.0961 e. The Morgan fingerprint density at radius 2 is 2.21 bits per heavy atom. The first kappa shape index (κ1) is 11.3. The van der Waals surface area contributed by atoms with Crippen LogP contribution in [-0.4, -0.2) is 19.2 Å². The van der Waals surface area contributed by atoms with Crippen molar-refractivity contribution in [3.63, 3.8) is 0 Å². The topological polar surface area (TPSA) is 21.3 Å². The third-order valence-electron chi connectivity index (χ3n) is 2.67. The summed E-state index contributed by atoms with van der Waals surface area (Å²) in [5.41, 5.74) is 1.39. The minimum absolute atomic E-state index is 0.0545. The second-order valence-corrected chi connectivity index (χ2v) is 4.17. The van der Waals surface area contributed by atoms with Gasteiger partial charge in [-0.3, -0.25) is 0 Å². The summed E-state index contributed by atoms with van der Waals surface area (Å²) >= 11 is 0. The molecule has 0 bridgehead atoms. The minimum Gasteiger partial charge on any atom is -0.501 e. The molecular formula is C12H21NO. The van der Waals surface area contributed by atoms with Crippen molar-refractivity contribution in [3.8, 4) is 0 Å². The number of hydrogen-bond donors (Lipinski definition) is 1. The molecule has 0 saturated carbocycles. The Bertz CT molecular complexity index is 251. The largest absolute Gasteiger partial charge is 0.501 e. The summed E-state index contributed by atoms with van der Waals surface area (Å²) in [6.45, 7) is 7.53. The van der Waals surface area contributed by atoms with E-state index in [0.717, 1.165) is 25.1 Å². The number of likely N-dealkylation sites (N-methyl/N-ethyl adjacent to an activating group) is 1. The summed E-state index contributed by atoms with van der Waals surface area (Å²) in [6, 6.07) is 0. The average Bonchev–Trinajstić information content (AvgIpc) is 2.18. The van der Waals surface area contributed by atoms with Crippen molar-refractivity contribution >= 4 is 0 Å². The number of allylic oxidation sites excluding steroid dienone is 2. The van der Waals surface area contributed by atoms with Crippen LogP contribution in [0.3, 0.4) is 0 Å². The molecule has 0 aliphatic heterocycles. The van der Waals surface area contributed by atoms with Crippen molar-refractivity contribution in [2.45, 2.75) is 39.2 Å². The highest BCUT2D eigenvalue weighted by molar-refractivity contribution is 5.33. The zero-order chi connectivity index (χ0) is 10.6. The fourth-order valence-electron chi connectivity index (χ4n) is 1.82. The second kappa shape index (κ2) is 4.65. The first-order valence-corrected chi connectivity index (χ1v) is 5.30. The number of nitrogens with one attached hydrogen (secondary N) is 1. The molecule has 0 unspecified atom stereocenters. The van der Waals surface area contributed by atoms with Crippen molar-refractivity contribution in [1.82, 2.24) is 5.32 Å². The maximum atomic E-state index is 5.29. The van der Waals surface area contributed by atoms with E-state index in [1.807, 2.05) is 0 Å². The zero-order valence-electron chi connectivity index (χ0n) is 9.68. The van der Waals surface area contributed by atoms with Crippen molar-refractivity contribution in [2.75, 3.05) is 13.7 Å². The average molecular weight is 195 g/mol. The molecule has 0 fully saturated rings. The monoisotopic (exact) mass is 195 g/mol. The lowest BCUT2D eigenvalue weighted by molar-refractivity contribution is 0.274. The molecule has 1 aliphatic rings. The standard InChI is InChI=1S/C12H21NO/c1-5-13-12(2,3)10-7-6-8-11(9-10)14-4/h7,9,13H,5-6,8H2,1-4H3. The molecule has 1 N–H and O–H groups in total. The molecule has 0 aromatic carbocycles. The second-order valence-electron chi connectivity index (χ2n) is 4.17. The zero-order valence-corrected chi connectivity index (χ0v) is 9.68. The molecule has 0 amide bonds. The van der Waals surface area contributed by atoms with E-state index in [1.54, 1.807) is 7.11 Å². The molecule has 1 aliphatic carbocycles. The Hall–Kier alpha value is -0.760. The Morgan fingerprint density at radius 3 is 2.79 bits per heavy atom. The van der Waals surface area contributed by atoms with E-state index in [-0.39, 0.29) is 5.54 Å². The predicted octanol–water partition coefficient (Wildman–Crippen LogP) is 2.63. The lowest BCUT2D eigenvalue weighted by atomic mass is 9.89. The van der Waals surface area contributed by atoms with E-state index in [2.05, 4.69) is 38.2 Å². The number of rotatable bonds is 4. The highest BCUT2D eigenvalue weighted by Crippen LogP contribution is 2.25. The van der Waals surface area contributed by atoms with Crippen LogP contribution in [0.2, 0.25) is 0 Å². The summed E-state index contributed by atoms with van der Waals surface area (Å²) in [6.07, 6.45) is 6.57. The molecule has 0 aromatic rings. The van der Waals surface area contributed by atoms with E-state index in [0.29, 0.717) is 0 Å². The van der Waals surface area contributed by atoms with Crippen LogP contribution in [0, 0.1) is 0 Å². The van der Waals surface area contributed by atoms with Crippen LogP contribution >= 0.6 is 0 Å². The third kappa shape index (κ3) is 2.61. The molecule has 0 radical (unpaired) electrons. The third-order valence-corrected chi connectivity index (χ3v) is 2.67. The van der Waals surface area contributed by atoms with Gasteiger partial charge in [-0.1, -0.05) is 13.0 Å². The Balaban J connectivity index is 2.77. The van der Waals surface area contributed by atoms with Gasteiger partial charge in [-0.25, -0.2) is 0 Å². The fourth-order valence-corrected chi connectivity index (χ4v) is 1.82.